The quantitative estimate of drug-likeness (QED) is 0.631. The molecule has 3 nitrogen and oxygen atoms in total. The Morgan fingerprint density at radius 2 is 2.11 bits per heavy atom. The maximum atomic E-state index is 11.5. The average molecular weight is 269 g/mol. The van der Waals surface area contributed by atoms with Crippen molar-refractivity contribution in [2.75, 3.05) is 0 Å². The van der Waals surface area contributed by atoms with Crippen LogP contribution in [0.1, 0.15) is 16.0 Å². The molecule has 0 aliphatic heterocycles. The van der Waals surface area contributed by atoms with Crippen LogP contribution in [0.25, 0.3) is 6.08 Å². The van der Waals surface area contributed by atoms with Crippen LogP contribution in [0.2, 0.25) is 0 Å². The fourth-order valence-electron chi connectivity index (χ4n) is 1.41. The molecule has 1 aromatic heterocycles. The molecule has 0 radical (unpaired) electrons. The summed E-state index contributed by atoms with van der Waals surface area (Å²) in [5.74, 6) is -0.377. The first kappa shape index (κ1) is 13.1. The van der Waals surface area contributed by atoms with Crippen molar-refractivity contribution in [2.24, 2.45) is 0 Å². The van der Waals surface area contributed by atoms with Gasteiger partial charge in [0.25, 0.3) is 0 Å². The van der Waals surface area contributed by atoms with Gasteiger partial charge in [0.2, 0.25) is 0 Å². The van der Waals surface area contributed by atoms with Crippen molar-refractivity contribution >= 4 is 23.4 Å². The van der Waals surface area contributed by atoms with Crippen LogP contribution in [-0.4, -0.2) is 5.97 Å². The van der Waals surface area contributed by atoms with Gasteiger partial charge in [-0.25, -0.2) is 4.79 Å². The molecule has 0 unspecified atom stereocenters. The number of hydrogen-bond donors (Lipinski definition) is 0. The van der Waals surface area contributed by atoms with Gasteiger partial charge in [-0.15, -0.1) is 11.3 Å². The van der Waals surface area contributed by atoms with E-state index >= 15 is 0 Å². The molecule has 0 aliphatic rings. The standard InChI is InChI=1S/C15H11NO2S/c16-10-12-3-5-13(6-4-12)11-18-15(17)8-7-14-2-1-9-19-14/h1-9H,11H2. The lowest BCUT2D eigenvalue weighted by Gasteiger charge is -2.01. The number of benzene rings is 1. The Morgan fingerprint density at radius 3 is 2.74 bits per heavy atom. The molecule has 1 heterocycles. The number of thiophene rings is 1. The second-order valence-corrected chi connectivity index (χ2v) is 4.74. The van der Waals surface area contributed by atoms with Crippen LogP contribution in [0.3, 0.4) is 0 Å². The molecule has 19 heavy (non-hydrogen) atoms. The second-order valence-electron chi connectivity index (χ2n) is 3.77. The highest BCUT2D eigenvalue weighted by atomic mass is 32.1. The van der Waals surface area contributed by atoms with Gasteiger partial charge in [0.05, 0.1) is 11.6 Å². The molecule has 1 aromatic carbocycles. The van der Waals surface area contributed by atoms with Crippen molar-refractivity contribution in [1.82, 2.24) is 0 Å². The van der Waals surface area contributed by atoms with Crippen LogP contribution < -0.4 is 0 Å². The van der Waals surface area contributed by atoms with E-state index in [1.807, 2.05) is 23.6 Å². The largest absolute Gasteiger partial charge is 0.458 e. The fourth-order valence-corrected chi connectivity index (χ4v) is 2.03. The summed E-state index contributed by atoms with van der Waals surface area (Å²) in [6.07, 6.45) is 3.14. The summed E-state index contributed by atoms with van der Waals surface area (Å²) in [7, 11) is 0. The summed E-state index contributed by atoms with van der Waals surface area (Å²) < 4.78 is 5.10. The number of ether oxygens (including phenoxy) is 1. The molecule has 94 valence electrons. The number of rotatable bonds is 4. The Bertz CT molecular complexity index is 607. The third-order valence-corrected chi connectivity index (χ3v) is 3.23. The molecule has 2 rings (SSSR count). The molecule has 0 atom stereocenters. The van der Waals surface area contributed by atoms with E-state index < -0.39 is 0 Å². The lowest BCUT2D eigenvalue weighted by atomic mass is 10.2. The molecule has 0 amide bonds. The van der Waals surface area contributed by atoms with E-state index in [1.54, 1.807) is 41.7 Å². The number of nitrogens with zero attached hydrogens (tertiary/aromatic N) is 1. The Kier molecular flexibility index (Phi) is 4.49. The van der Waals surface area contributed by atoms with Crippen LogP contribution in [-0.2, 0) is 16.1 Å². The highest BCUT2D eigenvalue weighted by molar-refractivity contribution is 7.10. The van der Waals surface area contributed by atoms with Gasteiger partial charge in [-0.3, -0.25) is 0 Å². The Balaban J connectivity index is 1.84. The lowest BCUT2D eigenvalue weighted by Crippen LogP contribution is -2.00. The van der Waals surface area contributed by atoms with Gasteiger partial charge >= 0.3 is 5.97 Å². The van der Waals surface area contributed by atoms with Crippen molar-refractivity contribution in [3.63, 3.8) is 0 Å². The minimum atomic E-state index is -0.377. The third-order valence-electron chi connectivity index (χ3n) is 2.39. The number of carbonyl (C=O) groups excluding carboxylic acids is 1. The molecule has 0 aliphatic carbocycles. The zero-order chi connectivity index (χ0) is 13.5. The normalized spacial score (nSPS) is 10.3. The monoisotopic (exact) mass is 269 g/mol. The summed E-state index contributed by atoms with van der Waals surface area (Å²) in [5.41, 5.74) is 1.45. The summed E-state index contributed by atoms with van der Waals surface area (Å²) in [4.78, 5) is 12.5. The predicted molar refractivity (Wildman–Crippen MR) is 74.3 cm³/mol. The molecular formula is C15H11NO2S. The van der Waals surface area contributed by atoms with Crippen molar-refractivity contribution in [2.45, 2.75) is 6.61 Å². The first-order valence-corrected chi connectivity index (χ1v) is 6.53. The summed E-state index contributed by atoms with van der Waals surface area (Å²) in [5, 5.41) is 10.6. The average Bonchev–Trinajstić information content (AvgIpc) is 2.96. The van der Waals surface area contributed by atoms with Crippen molar-refractivity contribution in [3.8, 4) is 6.07 Å². The Hall–Kier alpha value is -2.38. The Morgan fingerprint density at radius 1 is 1.32 bits per heavy atom. The maximum absolute atomic E-state index is 11.5. The molecule has 4 heteroatoms. The Labute approximate surface area is 115 Å². The van der Waals surface area contributed by atoms with E-state index in [4.69, 9.17) is 10.00 Å². The number of nitriles is 1. The minimum absolute atomic E-state index is 0.208. The molecule has 2 aromatic rings. The van der Waals surface area contributed by atoms with Gasteiger partial charge in [0.15, 0.2) is 0 Å². The van der Waals surface area contributed by atoms with Crippen LogP contribution in [0.15, 0.2) is 47.9 Å². The van der Waals surface area contributed by atoms with Crippen LogP contribution in [0.4, 0.5) is 0 Å². The van der Waals surface area contributed by atoms with Crippen molar-refractivity contribution in [1.29, 1.82) is 5.26 Å². The van der Waals surface area contributed by atoms with Crippen molar-refractivity contribution < 1.29 is 9.53 Å². The summed E-state index contributed by atoms with van der Waals surface area (Å²) >= 11 is 1.56. The van der Waals surface area contributed by atoms with Gasteiger partial charge in [0.1, 0.15) is 6.61 Å². The molecule has 0 fully saturated rings. The van der Waals surface area contributed by atoms with E-state index in [9.17, 15) is 4.79 Å². The van der Waals surface area contributed by atoms with Gasteiger partial charge in [0, 0.05) is 11.0 Å². The second kappa shape index (κ2) is 6.53. The number of carbonyl (C=O) groups is 1. The van der Waals surface area contributed by atoms with Crippen LogP contribution >= 0.6 is 11.3 Å². The van der Waals surface area contributed by atoms with Gasteiger partial charge < -0.3 is 4.74 Å². The van der Waals surface area contributed by atoms with E-state index in [0.29, 0.717) is 5.56 Å². The fraction of sp³-hybridized carbons (Fsp3) is 0.0667. The SMILES string of the molecule is N#Cc1ccc(COC(=O)C=Cc2cccs2)cc1. The smallest absolute Gasteiger partial charge is 0.331 e. The topological polar surface area (TPSA) is 50.1 Å². The maximum Gasteiger partial charge on any atom is 0.331 e. The first-order chi connectivity index (χ1) is 9.28. The third kappa shape index (κ3) is 4.09. The molecule has 0 bridgehead atoms. The van der Waals surface area contributed by atoms with E-state index in [-0.39, 0.29) is 12.6 Å². The van der Waals surface area contributed by atoms with Crippen LogP contribution in [0, 0.1) is 11.3 Å². The van der Waals surface area contributed by atoms with Gasteiger partial charge in [-0.1, -0.05) is 18.2 Å². The summed E-state index contributed by atoms with van der Waals surface area (Å²) in [6.45, 7) is 0.208. The molecular weight excluding hydrogens is 258 g/mol. The van der Waals surface area contributed by atoms with Gasteiger partial charge in [-0.2, -0.15) is 5.26 Å². The predicted octanol–water partition coefficient (Wildman–Crippen LogP) is 3.38. The van der Waals surface area contributed by atoms with Gasteiger partial charge in [-0.05, 0) is 35.2 Å². The van der Waals surface area contributed by atoms with Crippen LogP contribution in [0.5, 0.6) is 0 Å². The molecule has 0 saturated carbocycles. The highest BCUT2D eigenvalue weighted by Crippen LogP contribution is 2.10. The van der Waals surface area contributed by atoms with E-state index in [1.165, 1.54) is 6.08 Å². The van der Waals surface area contributed by atoms with E-state index in [0.717, 1.165) is 10.4 Å². The van der Waals surface area contributed by atoms with Crippen molar-refractivity contribution in [3.05, 3.63) is 63.9 Å². The molecule has 0 saturated heterocycles. The summed E-state index contributed by atoms with van der Waals surface area (Å²) in [6, 6.07) is 12.8. The zero-order valence-corrected chi connectivity index (χ0v) is 10.9. The lowest BCUT2D eigenvalue weighted by molar-refractivity contribution is -0.138. The van der Waals surface area contributed by atoms with E-state index in [2.05, 4.69) is 0 Å². The molecule has 0 N–H and O–H groups in total. The minimum Gasteiger partial charge on any atom is -0.458 e. The highest BCUT2D eigenvalue weighted by Gasteiger charge is 1.99. The number of esters is 1. The molecule has 0 spiro atoms. The zero-order valence-electron chi connectivity index (χ0n) is 10.1. The number of hydrogen-bond acceptors (Lipinski definition) is 4. The first-order valence-electron chi connectivity index (χ1n) is 5.65.